The predicted octanol–water partition coefficient (Wildman–Crippen LogP) is 3.82. The molecule has 104 valence electrons. The van der Waals surface area contributed by atoms with Gasteiger partial charge in [-0.3, -0.25) is 0 Å². The van der Waals surface area contributed by atoms with Crippen molar-refractivity contribution in [3.8, 4) is 5.75 Å². The third-order valence-corrected chi connectivity index (χ3v) is 3.82. The Morgan fingerprint density at radius 3 is 2.55 bits per heavy atom. The van der Waals surface area contributed by atoms with Crippen molar-refractivity contribution in [3.05, 3.63) is 48.0 Å². The molecule has 0 saturated carbocycles. The number of nitrogens with zero attached hydrogens (tertiary/aromatic N) is 1. The number of anilines is 3. The van der Waals surface area contributed by atoms with Crippen LogP contribution in [0.25, 0.3) is 0 Å². The number of benzene rings is 2. The average molecular weight is 268 g/mol. The molecule has 1 N–H and O–H groups in total. The van der Waals surface area contributed by atoms with Crippen LogP contribution in [0.3, 0.4) is 0 Å². The van der Waals surface area contributed by atoms with Crippen molar-refractivity contribution in [3.63, 3.8) is 0 Å². The summed E-state index contributed by atoms with van der Waals surface area (Å²) >= 11 is 0. The molecule has 0 amide bonds. The maximum Gasteiger partial charge on any atom is 0.122 e. The average Bonchev–Trinajstić information content (AvgIpc) is 2.54. The second-order valence-electron chi connectivity index (χ2n) is 5.10. The first-order valence-electron chi connectivity index (χ1n) is 7.05. The highest BCUT2D eigenvalue weighted by Crippen LogP contribution is 2.31. The van der Waals surface area contributed by atoms with Crippen molar-refractivity contribution in [1.29, 1.82) is 0 Å². The molecule has 0 spiro atoms. The van der Waals surface area contributed by atoms with Crippen molar-refractivity contribution in [2.75, 3.05) is 30.9 Å². The van der Waals surface area contributed by atoms with Crippen LogP contribution in [0.5, 0.6) is 5.75 Å². The van der Waals surface area contributed by atoms with Crippen molar-refractivity contribution in [2.45, 2.75) is 12.8 Å². The fraction of sp³-hybridized carbons (Fsp3) is 0.294. The molecule has 0 fully saturated rings. The van der Waals surface area contributed by atoms with Crippen molar-refractivity contribution in [1.82, 2.24) is 0 Å². The van der Waals surface area contributed by atoms with E-state index in [2.05, 4.69) is 59.7 Å². The quantitative estimate of drug-likeness (QED) is 0.915. The van der Waals surface area contributed by atoms with Crippen LogP contribution in [-0.4, -0.2) is 20.7 Å². The fourth-order valence-electron chi connectivity index (χ4n) is 2.56. The topological polar surface area (TPSA) is 24.5 Å². The molecule has 0 saturated heterocycles. The molecule has 20 heavy (non-hydrogen) atoms. The highest BCUT2D eigenvalue weighted by Gasteiger charge is 2.12. The summed E-state index contributed by atoms with van der Waals surface area (Å²) in [6.45, 7) is 0.841. The molecule has 3 nitrogen and oxygen atoms in total. The zero-order chi connectivity index (χ0) is 13.9. The summed E-state index contributed by atoms with van der Waals surface area (Å²) in [6.07, 6.45) is 2.22. The monoisotopic (exact) mass is 268 g/mol. The molecule has 0 atom stereocenters. The Labute approximate surface area is 120 Å². The van der Waals surface area contributed by atoms with E-state index in [9.17, 15) is 0 Å². The van der Waals surface area contributed by atoms with Gasteiger partial charge in [0.25, 0.3) is 0 Å². The van der Waals surface area contributed by atoms with Crippen LogP contribution in [0.1, 0.15) is 12.0 Å². The molecule has 1 heterocycles. The smallest absolute Gasteiger partial charge is 0.122 e. The van der Waals surface area contributed by atoms with Gasteiger partial charge in [0.1, 0.15) is 5.75 Å². The summed E-state index contributed by atoms with van der Waals surface area (Å²) in [7, 11) is 4.03. The van der Waals surface area contributed by atoms with E-state index in [1.54, 1.807) is 0 Å². The standard InChI is InChI=1S/C17H20N2O/c1-18-14-5-7-15(8-6-14)19(2)16-9-10-17-13(12-16)4-3-11-20-17/h5-10,12,18H,3-4,11H2,1-2H3. The normalized spacial score (nSPS) is 13.3. The van der Waals surface area contributed by atoms with E-state index in [0.717, 1.165) is 30.9 Å². The zero-order valence-corrected chi connectivity index (χ0v) is 12.0. The van der Waals surface area contributed by atoms with Crippen LogP contribution in [0, 0.1) is 0 Å². The maximum absolute atomic E-state index is 5.67. The Bertz CT molecular complexity index is 592. The van der Waals surface area contributed by atoms with Gasteiger partial charge in [0.2, 0.25) is 0 Å². The Morgan fingerprint density at radius 1 is 1.05 bits per heavy atom. The second-order valence-corrected chi connectivity index (χ2v) is 5.10. The maximum atomic E-state index is 5.67. The fourth-order valence-corrected chi connectivity index (χ4v) is 2.56. The molecule has 2 aromatic carbocycles. The van der Waals surface area contributed by atoms with E-state index >= 15 is 0 Å². The van der Waals surface area contributed by atoms with Gasteiger partial charge in [-0.15, -0.1) is 0 Å². The lowest BCUT2D eigenvalue weighted by molar-refractivity contribution is 0.288. The van der Waals surface area contributed by atoms with Gasteiger partial charge in [0.05, 0.1) is 6.61 Å². The SMILES string of the molecule is CNc1ccc(N(C)c2ccc3c(c2)CCCO3)cc1. The Kier molecular flexibility index (Phi) is 3.50. The second kappa shape index (κ2) is 5.45. The van der Waals surface area contributed by atoms with Gasteiger partial charge in [-0.2, -0.15) is 0 Å². The first-order valence-corrected chi connectivity index (χ1v) is 7.05. The Balaban J connectivity index is 1.87. The minimum Gasteiger partial charge on any atom is -0.493 e. The molecule has 0 unspecified atom stereocenters. The molecule has 0 aliphatic carbocycles. The van der Waals surface area contributed by atoms with Crippen LogP contribution < -0.4 is 15.0 Å². The van der Waals surface area contributed by atoms with Gasteiger partial charge in [-0.1, -0.05) is 0 Å². The number of hydrogen-bond acceptors (Lipinski definition) is 3. The van der Waals surface area contributed by atoms with Gasteiger partial charge in [-0.05, 0) is 60.9 Å². The zero-order valence-electron chi connectivity index (χ0n) is 12.0. The number of ether oxygens (including phenoxy) is 1. The third-order valence-electron chi connectivity index (χ3n) is 3.82. The summed E-state index contributed by atoms with van der Waals surface area (Å²) in [5, 5.41) is 3.14. The lowest BCUT2D eigenvalue weighted by Crippen LogP contribution is -2.12. The summed E-state index contributed by atoms with van der Waals surface area (Å²) in [5.41, 5.74) is 4.82. The van der Waals surface area contributed by atoms with Gasteiger partial charge in [-0.25, -0.2) is 0 Å². The van der Waals surface area contributed by atoms with Crippen LogP contribution in [0.15, 0.2) is 42.5 Å². The molecule has 1 aliphatic heterocycles. The predicted molar refractivity (Wildman–Crippen MR) is 84.3 cm³/mol. The summed E-state index contributed by atoms with van der Waals surface area (Å²) in [6, 6.07) is 14.9. The lowest BCUT2D eigenvalue weighted by Gasteiger charge is -2.23. The summed E-state index contributed by atoms with van der Waals surface area (Å²) in [5.74, 6) is 1.04. The van der Waals surface area contributed by atoms with Crippen molar-refractivity contribution < 1.29 is 4.74 Å². The van der Waals surface area contributed by atoms with Crippen molar-refractivity contribution >= 4 is 17.1 Å². The van der Waals surface area contributed by atoms with Gasteiger partial charge < -0.3 is 15.0 Å². The molecule has 0 bridgehead atoms. The van der Waals surface area contributed by atoms with E-state index in [1.807, 2.05) is 7.05 Å². The largest absolute Gasteiger partial charge is 0.493 e. The third kappa shape index (κ3) is 2.44. The van der Waals surface area contributed by atoms with Crippen LogP contribution in [0.4, 0.5) is 17.1 Å². The number of nitrogens with one attached hydrogen (secondary N) is 1. The van der Waals surface area contributed by atoms with Crippen LogP contribution in [-0.2, 0) is 6.42 Å². The summed E-state index contributed by atoms with van der Waals surface area (Å²) in [4.78, 5) is 2.20. The minimum absolute atomic E-state index is 0.841. The van der Waals surface area contributed by atoms with E-state index in [1.165, 1.54) is 16.9 Å². The lowest BCUT2D eigenvalue weighted by atomic mass is 10.1. The van der Waals surface area contributed by atoms with E-state index in [4.69, 9.17) is 4.74 Å². The Hall–Kier alpha value is -2.16. The highest BCUT2D eigenvalue weighted by atomic mass is 16.5. The molecule has 0 radical (unpaired) electrons. The first kappa shape index (κ1) is 12.9. The first-order chi connectivity index (χ1) is 9.78. The van der Waals surface area contributed by atoms with E-state index in [0.29, 0.717) is 0 Å². The van der Waals surface area contributed by atoms with Gasteiger partial charge in [0, 0.05) is 31.2 Å². The van der Waals surface area contributed by atoms with Gasteiger partial charge >= 0.3 is 0 Å². The molecular formula is C17H20N2O. The molecular weight excluding hydrogens is 248 g/mol. The van der Waals surface area contributed by atoms with Gasteiger partial charge in [0.15, 0.2) is 0 Å². The van der Waals surface area contributed by atoms with Crippen molar-refractivity contribution in [2.24, 2.45) is 0 Å². The highest BCUT2D eigenvalue weighted by molar-refractivity contribution is 5.66. The summed E-state index contributed by atoms with van der Waals surface area (Å²) < 4.78 is 5.67. The Morgan fingerprint density at radius 2 is 1.80 bits per heavy atom. The number of aryl methyl sites for hydroxylation is 1. The van der Waals surface area contributed by atoms with Crippen LogP contribution >= 0.6 is 0 Å². The number of fused-ring (bicyclic) bond motifs is 1. The number of rotatable bonds is 3. The van der Waals surface area contributed by atoms with E-state index < -0.39 is 0 Å². The number of hydrogen-bond donors (Lipinski definition) is 1. The molecule has 1 aliphatic rings. The minimum atomic E-state index is 0.841. The molecule has 2 aromatic rings. The van der Waals surface area contributed by atoms with E-state index in [-0.39, 0.29) is 0 Å². The molecule has 0 aromatic heterocycles. The molecule has 3 rings (SSSR count). The molecule has 3 heteroatoms. The van der Waals surface area contributed by atoms with Crippen LogP contribution in [0.2, 0.25) is 0 Å².